The first-order valence-electron chi connectivity index (χ1n) is 6.06. The predicted molar refractivity (Wildman–Crippen MR) is 69.3 cm³/mol. The summed E-state index contributed by atoms with van der Waals surface area (Å²) in [6, 6.07) is 3.14. The molecule has 1 aromatic carbocycles. The molecule has 0 aliphatic carbocycles. The van der Waals surface area contributed by atoms with Gasteiger partial charge in [-0.05, 0) is 31.5 Å². The summed E-state index contributed by atoms with van der Waals surface area (Å²) < 4.78 is 27.2. The lowest BCUT2D eigenvalue weighted by atomic mass is 10.1. The minimum atomic E-state index is -1.12. The monoisotopic (exact) mass is 280 g/mol. The van der Waals surface area contributed by atoms with Crippen LogP contribution in [-0.4, -0.2) is 14.7 Å². The van der Waals surface area contributed by atoms with Crippen molar-refractivity contribution in [3.63, 3.8) is 0 Å². The Bertz CT molecular complexity index is 698. The van der Waals surface area contributed by atoms with Gasteiger partial charge in [-0.2, -0.15) is 0 Å². The minimum Gasteiger partial charge on any atom is -0.387 e. The Morgan fingerprint density at radius 1 is 1.30 bits per heavy atom. The van der Waals surface area contributed by atoms with Crippen LogP contribution in [0.3, 0.4) is 0 Å². The molecule has 0 unspecified atom stereocenters. The van der Waals surface area contributed by atoms with Gasteiger partial charge in [-0.25, -0.2) is 13.8 Å². The Balaban J connectivity index is 2.28. The molecule has 0 radical (unpaired) electrons. The molecule has 0 saturated carbocycles. The largest absolute Gasteiger partial charge is 0.387 e. The Hall–Kier alpha value is -2.08. The molecule has 2 rings (SSSR count). The van der Waals surface area contributed by atoms with Gasteiger partial charge < -0.3 is 5.11 Å². The molecule has 0 spiro atoms. The number of nitrogens with zero attached hydrogens (tertiary/aromatic N) is 2. The van der Waals surface area contributed by atoms with E-state index in [2.05, 4.69) is 4.98 Å². The van der Waals surface area contributed by atoms with E-state index in [0.29, 0.717) is 11.3 Å². The van der Waals surface area contributed by atoms with Crippen molar-refractivity contribution in [2.45, 2.75) is 26.5 Å². The number of aliphatic hydroxyl groups is 1. The zero-order valence-corrected chi connectivity index (χ0v) is 11.1. The van der Waals surface area contributed by atoms with Gasteiger partial charge in [0.05, 0.1) is 19.0 Å². The summed E-state index contributed by atoms with van der Waals surface area (Å²) in [7, 11) is 0. The maximum atomic E-state index is 13.1. The van der Waals surface area contributed by atoms with Crippen LogP contribution in [0.15, 0.2) is 29.3 Å². The number of aromatic nitrogens is 2. The maximum absolute atomic E-state index is 13.1. The number of hydrogen-bond donors (Lipinski definition) is 1. The van der Waals surface area contributed by atoms with Gasteiger partial charge >= 0.3 is 0 Å². The summed E-state index contributed by atoms with van der Waals surface area (Å²) in [6.45, 7) is 3.29. The number of benzene rings is 1. The smallest absolute Gasteiger partial charge is 0.256 e. The lowest BCUT2D eigenvalue weighted by molar-refractivity contribution is 0.154. The molecular weight excluding hydrogens is 266 g/mol. The Kier molecular flexibility index (Phi) is 3.94. The van der Waals surface area contributed by atoms with Crippen LogP contribution in [0, 0.1) is 25.5 Å². The topological polar surface area (TPSA) is 55.1 Å². The van der Waals surface area contributed by atoms with Gasteiger partial charge in [-0.3, -0.25) is 9.36 Å². The van der Waals surface area contributed by atoms with Crippen molar-refractivity contribution >= 4 is 0 Å². The molecule has 106 valence electrons. The minimum absolute atomic E-state index is 0.0714. The molecule has 0 aliphatic rings. The van der Waals surface area contributed by atoms with E-state index in [1.807, 2.05) is 0 Å². The highest BCUT2D eigenvalue weighted by Gasteiger charge is 2.13. The lowest BCUT2D eigenvalue weighted by Crippen LogP contribution is -2.26. The van der Waals surface area contributed by atoms with E-state index in [9.17, 15) is 18.7 Å². The van der Waals surface area contributed by atoms with E-state index in [-0.39, 0.29) is 17.7 Å². The van der Waals surface area contributed by atoms with Gasteiger partial charge in [0.25, 0.3) is 5.56 Å². The van der Waals surface area contributed by atoms with E-state index in [1.165, 1.54) is 17.0 Å². The molecule has 2 aromatic rings. The standard InChI is InChI=1S/C14H14F2N2O2/c1-8-9(2)17-7-18(14(8)20)6-13(19)10-3-4-11(15)12(16)5-10/h3-5,7,13,19H,6H2,1-2H3/t13-/m1/s1. The molecule has 0 fully saturated rings. The number of aliphatic hydroxyl groups excluding tert-OH is 1. The SMILES string of the molecule is Cc1ncn(C[C@@H](O)c2ccc(F)c(F)c2)c(=O)c1C. The van der Waals surface area contributed by atoms with E-state index in [4.69, 9.17) is 0 Å². The highest BCUT2D eigenvalue weighted by Crippen LogP contribution is 2.17. The van der Waals surface area contributed by atoms with Crippen LogP contribution >= 0.6 is 0 Å². The molecule has 0 amide bonds. The first-order chi connectivity index (χ1) is 9.40. The highest BCUT2D eigenvalue weighted by atomic mass is 19.2. The van der Waals surface area contributed by atoms with Crippen molar-refractivity contribution in [2.24, 2.45) is 0 Å². The second-order valence-corrected chi connectivity index (χ2v) is 4.60. The van der Waals surface area contributed by atoms with Crippen LogP contribution in [0.2, 0.25) is 0 Å². The van der Waals surface area contributed by atoms with Crippen molar-refractivity contribution in [1.82, 2.24) is 9.55 Å². The summed E-state index contributed by atoms with van der Waals surface area (Å²) in [4.78, 5) is 16.0. The average Bonchev–Trinajstić information content (AvgIpc) is 2.42. The molecule has 1 atom stereocenters. The molecule has 0 saturated heterocycles. The van der Waals surface area contributed by atoms with Crippen LogP contribution in [0.4, 0.5) is 8.78 Å². The second kappa shape index (κ2) is 5.50. The number of rotatable bonds is 3. The second-order valence-electron chi connectivity index (χ2n) is 4.60. The third-order valence-electron chi connectivity index (χ3n) is 3.21. The fraction of sp³-hybridized carbons (Fsp3) is 0.286. The van der Waals surface area contributed by atoms with E-state index < -0.39 is 17.7 Å². The quantitative estimate of drug-likeness (QED) is 0.934. The van der Waals surface area contributed by atoms with Gasteiger partial charge in [-0.15, -0.1) is 0 Å². The Labute approximate surface area is 114 Å². The number of halogens is 2. The van der Waals surface area contributed by atoms with Gasteiger partial charge in [0.2, 0.25) is 0 Å². The van der Waals surface area contributed by atoms with E-state index >= 15 is 0 Å². The third kappa shape index (κ3) is 2.75. The molecule has 4 nitrogen and oxygen atoms in total. The fourth-order valence-electron chi connectivity index (χ4n) is 1.82. The van der Waals surface area contributed by atoms with E-state index in [0.717, 1.165) is 12.1 Å². The molecule has 1 N–H and O–H groups in total. The summed E-state index contributed by atoms with van der Waals surface area (Å²) in [5.41, 5.74) is 1.05. The molecule has 6 heteroatoms. The zero-order valence-electron chi connectivity index (χ0n) is 11.1. The summed E-state index contributed by atoms with van der Waals surface area (Å²) in [6.07, 6.45) is 0.208. The van der Waals surface area contributed by atoms with Crippen molar-refractivity contribution < 1.29 is 13.9 Å². The van der Waals surface area contributed by atoms with Gasteiger partial charge in [0.15, 0.2) is 11.6 Å². The number of hydrogen-bond acceptors (Lipinski definition) is 3. The zero-order chi connectivity index (χ0) is 14.9. The van der Waals surface area contributed by atoms with Crippen LogP contribution < -0.4 is 5.56 Å². The first-order valence-corrected chi connectivity index (χ1v) is 6.06. The predicted octanol–water partition coefficient (Wildman–Crippen LogP) is 1.87. The summed E-state index contributed by atoms with van der Waals surface area (Å²) >= 11 is 0. The van der Waals surface area contributed by atoms with E-state index in [1.54, 1.807) is 13.8 Å². The van der Waals surface area contributed by atoms with Gasteiger partial charge in [-0.1, -0.05) is 6.07 Å². The normalized spacial score (nSPS) is 12.4. The van der Waals surface area contributed by atoms with Crippen LogP contribution in [0.5, 0.6) is 0 Å². The summed E-state index contributed by atoms with van der Waals surface area (Å²) in [5, 5.41) is 10.00. The van der Waals surface area contributed by atoms with Gasteiger partial charge in [0, 0.05) is 11.3 Å². The van der Waals surface area contributed by atoms with Crippen molar-refractivity contribution in [3.8, 4) is 0 Å². The van der Waals surface area contributed by atoms with Crippen LogP contribution in [-0.2, 0) is 6.54 Å². The van der Waals surface area contributed by atoms with Crippen LogP contribution in [0.1, 0.15) is 22.9 Å². The molecular formula is C14H14F2N2O2. The fourth-order valence-corrected chi connectivity index (χ4v) is 1.82. The molecule has 1 aromatic heterocycles. The van der Waals surface area contributed by atoms with Crippen molar-refractivity contribution in [1.29, 1.82) is 0 Å². The Morgan fingerprint density at radius 2 is 2.00 bits per heavy atom. The molecule has 1 heterocycles. The molecule has 20 heavy (non-hydrogen) atoms. The Morgan fingerprint density at radius 3 is 2.65 bits per heavy atom. The van der Waals surface area contributed by atoms with Crippen LogP contribution in [0.25, 0.3) is 0 Å². The first kappa shape index (κ1) is 14.3. The molecule has 0 aliphatic heterocycles. The average molecular weight is 280 g/mol. The number of aryl methyl sites for hydroxylation is 1. The lowest BCUT2D eigenvalue weighted by Gasteiger charge is -2.14. The van der Waals surface area contributed by atoms with Crippen molar-refractivity contribution in [2.75, 3.05) is 0 Å². The maximum Gasteiger partial charge on any atom is 0.256 e. The summed E-state index contributed by atoms with van der Waals surface area (Å²) in [5.74, 6) is -2.02. The van der Waals surface area contributed by atoms with Crippen molar-refractivity contribution in [3.05, 3.63) is 63.3 Å². The highest BCUT2D eigenvalue weighted by molar-refractivity contribution is 5.20. The van der Waals surface area contributed by atoms with Gasteiger partial charge in [0.1, 0.15) is 0 Å². The third-order valence-corrected chi connectivity index (χ3v) is 3.21. The molecule has 0 bridgehead atoms.